The largest absolute Gasteiger partial charge is 0.311 e. The minimum Gasteiger partial charge on any atom is -0.311 e. The third-order valence-electron chi connectivity index (χ3n) is 2.41. The molecular formula is C11H23N. The zero-order valence-corrected chi connectivity index (χ0v) is 8.93. The van der Waals surface area contributed by atoms with Crippen molar-refractivity contribution in [3.05, 3.63) is 0 Å². The van der Waals surface area contributed by atoms with E-state index in [0.717, 1.165) is 23.9 Å². The van der Waals surface area contributed by atoms with Crippen molar-refractivity contribution in [2.75, 3.05) is 0 Å². The maximum atomic E-state index is 3.51. The fourth-order valence-corrected chi connectivity index (χ4v) is 2.05. The summed E-state index contributed by atoms with van der Waals surface area (Å²) in [5, 5.41) is 3.51. The number of hydrogen-bond donors (Lipinski definition) is 1. The highest BCUT2D eigenvalue weighted by atomic mass is 15.0. The molecule has 1 nitrogen and oxygen atoms in total. The summed E-state index contributed by atoms with van der Waals surface area (Å²) < 4.78 is 0. The van der Waals surface area contributed by atoms with Gasteiger partial charge in [-0.05, 0) is 31.1 Å². The van der Waals surface area contributed by atoms with Crippen molar-refractivity contribution < 1.29 is 0 Å². The molecular weight excluding hydrogens is 146 g/mol. The monoisotopic (exact) mass is 169 g/mol. The van der Waals surface area contributed by atoms with E-state index >= 15 is 0 Å². The molecule has 3 rings (SSSR count). The van der Waals surface area contributed by atoms with E-state index in [9.17, 15) is 0 Å². The normalized spacial score (nSPS) is 38.2. The molecule has 1 N–H and O–H groups in total. The van der Waals surface area contributed by atoms with Crippen LogP contribution in [0, 0.1) is 11.8 Å². The number of fused-ring (bicyclic) bond motifs is 2. The minimum absolute atomic E-state index is 0.833. The van der Waals surface area contributed by atoms with Crippen LogP contribution in [-0.2, 0) is 0 Å². The summed E-state index contributed by atoms with van der Waals surface area (Å²) in [5.74, 6) is 1.83. The second-order valence-corrected chi connectivity index (χ2v) is 5.10. The number of rotatable bonds is 0. The van der Waals surface area contributed by atoms with Gasteiger partial charge in [-0.1, -0.05) is 27.7 Å². The van der Waals surface area contributed by atoms with Crippen LogP contribution in [0.15, 0.2) is 0 Å². The van der Waals surface area contributed by atoms with Gasteiger partial charge in [0.1, 0.15) is 0 Å². The van der Waals surface area contributed by atoms with Gasteiger partial charge in [-0.3, -0.25) is 0 Å². The van der Waals surface area contributed by atoms with E-state index in [1.807, 2.05) is 0 Å². The summed E-state index contributed by atoms with van der Waals surface area (Å²) in [7, 11) is 0. The summed E-state index contributed by atoms with van der Waals surface area (Å²) in [6.45, 7) is 8.86. The van der Waals surface area contributed by atoms with E-state index in [1.165, 1.54) is 19.3 Å². The van der Waals surface area contributed by atoms with E-state index in [0.29, 0.717) is 0 Å². The highest BCUT2D eigenvalue weighted by Gasteiger charge is 2.35. The van der Waals surface area contributed by atoms with Gasteiger partial charge in [-0.25, -0.2) is 0 Å². The van der Waals surface area contributed by atoms with E-state index in [1.54, 1.807) is 0 Å². The summed E-state index contributed by atoms with van der Waals surface area (Å²) in [6.07, 6.45) is 4.32. The molecule has 3 aliphatic rings. The molecule has 2 atom stereocenters. The van der Waals surface area contributed by atoms with Gasteiger partial charge in [-0.15, -0.1) is 0 Å². The average molecular weight is 169 g/mol. The molecule has 1 saturated carbocycles. The van der Waals surface area contributed by atoms with Crippen LogP contribution in [0.25, 0.3) is 0 Å². The zero-order chi connectivity index (χ0) is 9.14. The quantitative estimate of drug-likeness (QED) is 0.588. The van der Waals surface area contributed by atoms with Crippen LogP contribution in [0.1, 0.15) is 47.0 Å². The van der Waals surface area contributed by atoms with E-state index in [4.69, 9.17) is 0 Å². The van der Waals surface area contributed by atoms with Gasteiger partial charge in [0, 0.05) is 12.1 Å². The number of nitrogens with one attached hydrogen (secondary N) is 1. The molecule has 2 saturated heterocycles. The van der Waals surface area contributed by atoms with Crippen molar-refractivity contribution in [3.63, 3.8) is 0 Å². The maximum absolute atomic E-state index is 3.51. The lowest BCUT2D eigenvalue weighted by Crippen LogP contribution is -2.57. The number of piperidine rings is 1. The predicted molar refractivity (Wildman–Crippen MR) is 54.2 cm³/mol. The summed E-state index contributed by atoms with van der Waals surface area (Å²) in [6, 6.07) is 1.81. The molecule has 0 aromatic carbocycles. The van der Waals surface area contributed by atoms with Crippen LogP contribution in [0.5, 0.6) is 0 Å². The van der Waals surface area contributed by atoms with Gasteiger partial charge in [0.25, 0.3) is 0 Å². The minimum atomic E-state index is 0.833. The first-order valence-corrected chi connectivity index (χ1v) is 5.34. The smallest absolute Gasteiger partial charge is 0.00870 e. The highest BCUT2D eigenvalue weighted by molar-refractivity contribution is 4.95. The van der Waals surface area contributed by atoms with Gasteiger partial charge >= 0.3 is 0 Å². The molecule has 1 aliphatic carbocycles. The first-order chi connectivity index (χ1) is 5.58. The molecule has 1 heteroatoms. The lowest BCUT2D eigenvalue weighted by molar-refractivity contribution is 0.137. The fraction of sp³-hybridized carbons (Fsp3) is 1.00. The summed E-state index contributed by atoms with van der Waals surface area (Å²) in [4.78, 5) is 0. The lowest BCUT2D eigenvalue weighted by Gasteiger charge is -2.45. The Kier molecular flexibility index (Phi) is 3.57. The second kappa shape index (κ2) is 4.27. The topological polar surface area (TPSA) is 12.0 Å². The van der Waals surface area contributed by atoms with Crippen molar-refractivity contribution in [3.8, 4) is 0 Å². The molecule has 2 bridgehead atoms. The Bertz CT molecular complexity index is 112. The van der Waals surface area contributed by atoms with E-state index in [-0.39, 0.29) is 0 Å². The van der Waals surface area contributed by atoms with Gasteiger partial charge in [0.05, 0.1) is 0 Å². The molecule has 3 fully saturated rings. The Hall–Kier alpha value is -0.0400. The van der Waals surface area contributed by atoms with Gasteiger partial charge in [-0.2, -0.15) is 0 Å². The van der Waals surface area contributed by atoms with Crippen LogP contribution >= 0.6 is 0 Å². The van der Waals surface area contributed by atoms with Crippen molar-refractivity contribution >= 4 is 0 Å². The summed E-state index contributed by atoms with van der Waals surface area (Å²) >= 11 is 0. The Morgan fingerprint density at radius 1 is 1.00 bits per heavy atom. The SMILES string of the molecule is CC(C)C.CC1CC2CC(C1)N2. The first-order valence-electron chi connectivity index (χ1n) is 5.34. The zero-order valence-electron chi connectivity index (χ0n) is 8.93. The molecule has 2 aliphatic heterocycles. The van der Waals surface area contributed by atoms with Crippen LogP contribution < -0.4 is 5.32 Å². The molecule has 0 spiro atoms. The van der Waals surface area contributed by atoms with Gasteiger partial charge in [0.2, 0.25) is 0 Å². The van der Waals surface area contributed by atoms with E-state index in [2.05, 4.69) is 33.0 Å². The molecule has 0 aromatic rings. The molecule has 72 valence electrons. The molecule has 12 heavy (non-hydrogen) atoms. The van der Waals surface area contributed by atoms with Crippen molar-refractivity contribution in [2.45, 2.75) is 59.0 Å². The van der Waals surface area contributed by atoms with Crippen LogP contribution in [0.3, 0.4) is 0 Å². The standard InChI is InChI=1S/C7H13N.C4H10/c1-5-2-6-4-7(3-5)8-6;1-4(2)3/h5-8H,2-4H2,1H3;4H,1-3H3. The van der Waals surface area contributed by atoms with Crippen LogP contribution in [0.2, 0.25) is 0 Å². The van der Waals surface area contributed by atoms with Gasteiger partial charge in [0.15, 0.2) is 0 Å². The Labute approximate surface area is 76.9 Å². The van der Waals surface area contributed by atoms with Crippen molar-refractivity contribution in [1.29, 1.82) is 0 Å². The Balaban J connectivity index is 0.000000157. The molecule has 0 aromatic heterocycles. The maximum Gasteiger partial charge on any atom is 0.00870 e. The Morgan fingerprint density at radius 2 is 1.33 bits per heavy atom. The molecule has 2 unspecified atom stereocenters. The molecule has 0 radical (unpaired) electrons. The molecule has 0 amide bonds. The summed E-state index contributed by atoms with van der Waals surface area (Å²) in [5.41, 5.74) is 0. The van der Waals surface area contributed by atoms with E-state index < -0.39 is 0 Å². The fourth-order valence-electron chi connectivity index (χ4n) is 2.05. The number of hydrogen-bond acceptors (Lipinski definition) is 1. The predicted octanol–water partition coefficient (Wildman–Crippen LogP) is 2.81. The molecule has 2 heterocycles. The van der Waals surface area contributed by atoms with Crippen LogP contribution in [-0.4, -0.2) is 12.1 Å². The second-order valence-electron chi connectivity index (χ2n) is 5.10. The van der Waals surface area contributed by atoms with Gasteiger partial charge < -0.3 is 5.32 Å². The van der Waals surface area contributed by atoms with Crippen LogP contribution in [0.4, 0.5) is 0 Å². The third-order valence-corrected chi connectivity index (χ3v) is 2.41. The third kappa shape index (κ3) is 3.14. The first kappa shape index (κ1) is 10.0. The Morgan fingerprint density at radius 3 is 1.50 bits per heavy atom. The van der Waals surface area contributed by atoms with Crippen molar-refractivity contribution in [1.82, 2.24) is 5.32 Å². The highest BCUT2D eigenvalue weighted by Crippen LogP contribution is 2.31. The van der Waals surface area contributed by atoms with Crippen molar-refractivity contribution in [2.24, 2.45) is 11.8 Å². The average Bonchev–Trinajstić information content (AvgIpc) is 1.82. The lowest BCUT2D eigenvalue weighted by atomic mass is 9.77.